The predicted molar refractivity (Wildman–Crippen MR) is 65.8 cm³/mol. The maximum atomic E-state index is 8.87. The summed E-state index contributed by atoms with van der Waals surface area (Å²) < 4.78 is 5.63. The van der Waals surface area contributed by atoms with Crippen LogP contribution < -0.4 is 5.32 Å². The van der Waals surface area contributed by atoms with Crippen LogP contribution in [0.4, 0.5) is 5.82 Å². The van der Waals surface area contributed by atoms with Crippen LogP contribution in [0.25, 0.3) is 0 Å². The fourth-order valence-corrected chi connectivity index (χ4v) is 2.01. The minimum absolute atomic E-state index is 0.275. The number of rotatable bonds is 3. The highest BCUT2D eigenvalue weighted by molar-refractivity contribution is 5.44. The molecule has 1 saturated heterocycles. The second-order valence-electron chi connectivity index (χ2n) is 4.36. The van der Waals surface area contributed by atoms with Crippen molar-refractivity contribution in [3.05, 3.63) is 23.4 Å². The zero-order valence-corrected chi connectivity index (χ0v) is 10.1. The fourth-order valence-electron chi connectivity index (χ4n) is 2.01. The molecule has 2 heterocycles. The highest BCUT2D eigenvalue weighted by Gasteiger charge is 2.13. The summed E-state index contributed by atoms with van der Waals surface area (Å²) in [6.45, 7) is 3.52. The summed E-state index contributed by atoms with van der Waals surface area (Å²) in [4.78, 5) is 4.35. The predicted octanol–water partition coefficient (Wildman–Crippen LogP) is 2.24. The van der Waals surface area contributed by atoms with Gasteiger partial charge in [0.25, 0.3) is 0 Å². The summed E-state index contributed by atoms with van der Waals surface area (Å²) in [5.41, 5.74) is 1.50. The lowest BCUT2D eigenvalue weighted by Gasteiger charge is -2.23. The average molecular weight is 231 g/mol. The van der Waals surface area contributed by atoms with Gasteiger partial charge in [0.1, 0.15) is 5.82 Å². The summed E-state index contributed by atoms with van der Waals surface area (Å²) in [5, 5.41) is 12.1. The van der Waals surface area contributed by atoms with Gasteiger partial charge in [-0.25, -0.2) is 4.98 Å². The maximum Gasteiger partial charge on any atom is 0.127 e. The van der Waals surface area contributed by atoms with Crippen molar-refractivity contribution in [3.63, 3.8) is 0 Å². The first-order valence-electron chi connectivity index (χ1n) is 6.02. The van der Waals surface area contributed by atoms with Gasteiger partial charge in [-0.05, 0) is 38.3 Å². The van der Waals surface area contributed by atoms with Crippen LogP contribution in [0.15, 0.2) is 12.1 Å². The maximum absolute atomic E-state index is 8.87. The van der Waals surface area contributed by atoms with Crippen LogP contribution in [-0.2, 0) is 4.74 Å². The molecule has 1 aromatic rings. The number of nitriles is 1. The Hall–Kier alpha value is -1.60. The second-order valence-corrected chi connectivity index (χ2v) is 4.36. The van der Waals surface area contributed by atoms with Crippen molar-refractivity contribution < 1.29 is 4.74 Å². The summed E-state index contributed by atoms with van der Waals surface area (Å²) >= 11 is 0. The number of aromatic nitrogens is 1. The standard InChI is InChI=1S/C13H17N3O/c1-10-6-11(8-14)7-13(16-10)15-9-12-4-2-3-5-17-12/h6-7,12H,2-5,9H2,1H3,(H,15,16). The van der Waals surface area contributed by atoms with Crippen LogP contribution in [0.1, 0.15) is 30.5 Å². The largest absolute Gasteiger partial charge is 0.376 e. The molecule has 0 saturated carbocycles. The molecule has 2 rings (SSSR count). The minimum Gasteiger partial charge on any atom is -0.376 e. The number of nitrogens with one attached hydrogen (secondary N) is 1. The summed E-state index contributed by atoms with van der Waals surface area (Å²) in [6, 6.07) is 5.69. The van der Waals surface area contributed by atoms with Gasteiger partial charge in [-0.1, -0.05) is 0 Å². The Kier molecular flexibility index (Phi) is 3.94. The van der Waals surface area contributed by atoms with Crippen molar-refractivity contribution in [2.45, 2.75) is 32.3 Å². The molecule has 4 nitrogen and oxygen atoms in total. The summed E-state index contributed by atoms with van der Waals surface area (Å²) in [6.07, 6.45) is 3.77. The number of pyridine rings is 1. The van der Waals surface area contributed by atoms with Crippen LogP contribution in [0.3, 0.4) is 0 Å². The molecule has 0 radical (unpaired) electrons. The lowest BCUT2D eigenvalue weighted by atomic mass is 10.1. The van der Waals surface area contributed by atoms with E-state index < -0.39 is 0 Å². The third-order valence-corrected chi connectivity index (χ3v) is 2.87. The van der Waals surface area contributed by atoms with Gasteiger partial charge in [0.05, 0.1) is 17.7 Å². The fraction of sp³-hybridized carbons (Fsp3) is 0.538. The van der Waals surface area contributed by atoms with Gasteiger partial charge >= 0.3 is 0 Å². The summed E-state index contributed by atoms with van der Waals surface area (Å²) in [5.74, 6) is 0.760. The third kappa shape index (κ3) is 3.43. The van der Waals surface area contributed by atoms with Gasteiger partial charge in [-0.3, -0.25) is 0 Å². The van der Waals surface area contributed by atoms with Gasteiger partial charge in [0.15, 0.2) is 0 Å². The number of ether oxygens (including phenoxy) is 1. The number of hydrogen-bond acceptors (Lipinski definition) is 4. The molecule has 0 amide bonds. The van der Waals surface area contributed by atoms with Gasteiger partial charge in [0, 0.05) is 18.8 Å². The van der Waals surface area contributed by atoms with Crippen molar-refractivity contribution >= 4 is 5.82 Å². The molecule has 0 aliphatic carbocycles. The quantitative estimate of drug-likeness (QED) is 0.866. The zero-order valence-electron chi connectivity index (χ0n) is 10.1. The molecule has 0 bridgehead atoms. The van der Waals surface area contributed by atoms with E-state index in [-0.39, 0.29) is 6.10 Å². The highest BCUT2D eigenvalue weighted by Crippen LogP contribution is 2.14. The highest BCUT2D eigenvalue weighted by atomic mass is 16.5. The molecule has 0 spiro atoms. The zero-order chi connectivity index (χ0) is 12.1. The van der Waals surface area contributed by atoms with Crippen LogP contribution in [-0.4, -0.2) is 24.2 Å². The lowest BCUT2D eigenvalue weighted by molar-refractivity contribution is 0.0247. The van der Waals surface area contributed by atoms with Gasteiger partial charge in [-0.15, -0.1) is 0 Å². The monoisotopic (exact) mass is 231 g/mol. The molecule has 1 unspecified atom stereocenters. The molecule has 1 N–H and O–H groups in total. The van der Waals surface area contributed by atoms with Crippen molar-refractivity contribution in [2.24, 2.45) is 0 Å². The Morgan fingerprint density at radius 3 is 3.12 bits per heavy atom. The van der Waals surface area contributed by atoms with Crippen molar-refractivity contribution in [1.29, 1.82) is 5.26 Å². The van der Waals surface area contributed by atoms with Gasteiger partial charge in [0.2, 0.25) is 0 Å². The number of anilines is 1. The second kappa shape index (κ2) is 5.65. The molecular weight excluding hydrogens is 214 g/mol. The molecule has 1 aliphatic rings. The van der Waals surface area contributed by atoms with E-state index in [2.05, 4.69) is 16.4 Å². The molecule has 17 heavy (non-hydrogen) atoms. The lowest BCUT2D eigenvalue weighted by Crippen LogP contribution is -2.27. The van der Waals surface area contributed by atoms with E-state index in [4.69, 9.17) is 10.00 Å². The molecule has 1 atom stereocenters. The Morgan fingerprint density at radius 1 is 1.53 bits per heavy atom. The minimum atomic E-state index is 0.275. The Balaban J connectivity index is 1.94. The summed E-state index contributed by atoms with van der Waals surface area (Å²) in [7, 11) is 0. The number of hydrogen-bond donors (Lipinski definition) is 1. The van der Waals surface area contributed by atoms with E-state index in [1.165, 1.54) is 6.42 Å². The smallest absolute Gasteiger partial charge is 0.127 e. The molecule has 1 fully saturated rings. The van der Waals surface area contributed by atoms with Crippen molar-refractivity contribution in [2.75, 3.05) is 18.5 Å². The molecule has 4 heteroatoms. The van der Waals surface area contributed by atoms with Crippen LogP contribution in [0.5, 0.6) is 0 Å². The first kappa shape index (κ1) is 11.9. The molecule has 1 aromatic heterocycles. The molecular formula is C13H17N3O. The molecule has 1 aliphatic heterocycles. The third-order valence-electron chi connectivity index (χ3n) is 2.87. The van der Waals surface area contributed by atoms with E-state index >= 15 is 0 Å². The first-order chi connectivity index (χ1) is 8.28. The van der Waals surface area contributed by atoms with Gasteiger partial charge in [-0.2, -0.15) is 5.26 Å². The van der Waals surface area contributed by atoms with E-state index in [0.29, 0.717) is 5.56 Å². The number of aryl methyl sites for hydroxylation is 1. The molecule has 90 valence electrons. The van der Waals surface area contributed by atoms with Crippen LogP contribution in [0, 0.1) is 18.3 Å². The Bertz CT molecular complexity index is 419. The van der Waals surface area contributed by atoms with Gasteiger partial charge < -0.3 is 10.1 Å². The van der Waals surface area contributed by atoms with E-state index in [1.807, 2.05) is 6.92 Å². The van der Waals surface area contributed by atoms with E-state index in [0.717, 1.165) is 37.5 Å². The van der Waals surface area contributed by atoms with Crippen molar-refractivity contribution in [3.8, 4) is 6.07 Å². The normalized spacial score (nSPS) is 19.6. The van der Waals surface area contributed by atoms with Crippen molar-refractivity contribution in [1.82, 2.24) is 4.98 Å². The van der Waals surface area contributed by atoms with E-state index in [9.17, 15) is 0 Å². The topological polar surface area (TPSA) is 57.9 Å². The first-order valence-corrected chi connectivity index (χ1v) is 6.02. The van der Waals surface area contributed by atoms with Crippen LogP contribution in [0.2, 0.25) is 0 Å². The Labute approximate surface area is 102 Å². The SMILES string of the molecule is Cc1cc(C#N)cc(NCC2CCCCO2)n1. The van der Waals surface area contributed by atoms with E-state index in [1.54, 1.807) is 12.1 Å². The Morgan fingerprint density at radius 2 is 2.41 bits per heavy atom. The van der Waals surface area contributed by atoms with Crippen LogP contribution >= 0.6 is 0 Å². The molecule has 0 aromatic carbocycles. The number of nitrogens with zero attached hydrogens (tertiary/aromatic N) is 2. The average Bonchev–Trinajstić information content (AvgIpc) is 2.37.